The van der Waals surface area contributed by atoms with Crippen LogP contribution in [-0.2, 0) is 28.6 Å². The number of nitrogens with zero attached hydrogens (tertiary/aromatic N) is 1. The molecule has 1 saturated carbocycles. The van der Waals surface area contributed by atoms with Crippen molar-refractivity contribution in [2.75, 3.05) is 25.9 Å². The fraction of sp³-hybridized carbons (Fsp3) is 0.763. The topological polar surface area (TPSA) is 141 Å². The van der Waals surface area contributed by atoms with Gasteiger partial charge in [-0.1, -0.05) is 45.4 Å². The molecule has 1 spiro atoms. The number of likely N-dealkylation sites (N-methyl/N-ethyl adjacent to an activating group) is 1. The molecule has 1 amide bonds. The second kappa shape index (κ2) is 13.5. The Kier molecular flexibility index (Phi) is 9.54. The molecule has 8 aliphatic rings. The zero-order valence-electron chi connectivity index (χ0n) is 30.0. The molecule has 12 heteroatoms. The van der Waals surface area contributed by atoms with Crippen LogP contribution in [0.15, 0.2) is 35.5 Å². The van der Waals surface area contributed by atoms with Crippen molar-refractivity contribution in [2.24, 2.45) is 41.2 Å². The molecular weight excluding hydrogens is 673 g/mol. The number of carbonyl (C=O) groups is 3. The van der Waals surface area contributed by atoms with Gasteiger partial charge in [-0.05, 0) is 63.9 Å². The molecule has 50 heavy (non-hydrogen) atoms. The lowest BCUT2D eigenvalue weighted by Crippen LogP contribution is -2.96. The third kappa shape index (κ3) is 5.82. The van der Waals surface area contributed by atoms with E-state index in [0.717, 1.165) is 44.5 Å². The first-order chi connectivity index (χ1) is 24.0. The van der Waals surface area contributed by atoms with Gasteiger partial charge in [0.15, 0.2) is 0 Å². The lowest BCUT2D eigenvalue weighted by atomic mass is 9.56. The fourth-order valence-electron chi connectivity index (χ4n) is 11.3. The maximum Gasteiger partial charge on any atom is 0.334 e. The zero-order valence-corrected chi connectivity index (χ0v) is 31.6. The summed E-state index contributed by atoms with van der Waals surface area (Å²) in [4.78, 5) is 42.6. The summed E-state index contributed by atoms with van der Waals surface area (Å²) in [7, 11) is 5.94. The molecule has 10 nitrogen and oxygen atoms in total. The number of piperidine rings is 1. The monoisotopic (exact) mass is 728 g/mol. The van der Waals surface area contributed by atoms with Gasteiger partial charge in [0.2, 0.25) is 5.91 Å². The molecule has 6 fully saturated rings. The predicted octanol–water partition coefficient (Wildman–Crippen LogP) is 2.06. The van der Waals surface area contributed by atoms with Crippen molar-refractivity contribution < 1.29 is 39.2 Å². The summed E-state index contributed by atoms with van der Waals surface area (Å²) in [5.41, 5.74) is 7.00. The number of allylic oxidation sites excluding steroid dienone is 1. The number of fused-ring (bicyclic) bond motifs is 6. The first-order valence-electron chi connectivity index (χ1n) is 19.1. The van der Waals surface area contributed by atoms with Crippen LogP contribution in [0.5, 0.6) is 0 Å². The highest BCUT2D eigenvalue weighted by atomic mass is 33.1. The van der Waals surface area contributed by atoms with Crippen molar-refractivity contribution in [3.8, 4) is 0 Å². The normalized spacial score (nSPS) is 47.2. The third-order valence-electron chi connectivity index (χ3n) is 14.1. The van der Waals surface area contributed by atoms with Crippen LogP contribution in [0.25, 0.3) is 0 Å². The second-order valence-electron chi connectivity index (χ2n) is 16.7. The van der Waals surface area contributed by atoms with Crippen LogP contribution in [0.2, 0.25) is 0 Å². The number of quaternary nitrogens is 2. The molecule has 6 N–H and O–H groups in total. The van der Waals surface area contributed by atoms with Gasteiger partial charge >= 0.3 is 11.9 Å². The van der Waals surface area contributed by atoms with Gasteiger partial charge in [0, 0.05) is 61.8 Å². The van der Waals surface area contributed by atoms with Gasteiger partial charge < -0.3 is 29.7 Å². The molecule has 5 saturated heterocycles. The Hall–Kier alpha value is -1.83. The number of nitrogens with two attached hydrogens (primary N) is 3. The maximum absolute atomic E-state index is 14.4. The summed E-state index contributed by atoms with van der Waals surface area (Å²) in [6.45, 7) is 7.38. The van der Waals surface area contributed by atoms with Crippen molar-refractivity contribution >= 4 is 39.4 Å². The average Bonchev–Trinajstić information content (AvgIpc) is 3.45. The van der Waals surface area contributed by atoms with Gasteiger partial charge in [-0.25, -0.2) is 4.79 Å². The van der Waals surface area contributed by atoms with Gasteiger partial charge in [0.05, 0.1) is 36.9 Å². The summed E-state index contributed by atoms with van der Waals surface area (Å²) in [6.07, 6.45) is 14.1. The van der Waals surface area contributed by atoms with Crippen LogP contribution in [0, 0.1) is 35.5 Å². The van der Waals surface area contributed by atoms with Gasteiger partial charge in [0.25, 0.3) is 0 Å². The predicted molar refractivity (Wildman–Crippen MR) is 192 cm³/mol. The molecule has 8 rings (SSSR count). The molecule has 0 aromatic rings. The number of rotatable bonds is 3. The first-order valence-corrected chi connectivity index (χ1v) is 21.5. The quantitative estimate of drug-likeness (QED) is 0.173. The van der Waals surface area contributed by atoms with Gasteiger partial charge in [0.1, 0.15) is 29.5 Å². The summed E-state index contributed by atoms with van der Waals surface area (Å²) in [6, 6.07) is 0.651. The number of ether oxygens (including phenoxy) is 3. The van der Waals surface area contributed by atoms with Gasteiger partial charge in [-0.2, -0.15) is 0 Å². The lowest BCUT2D eigenvalue weighted by Gasteiger charge is -2.57. The van der Waals surface area contributed by atoms with Crippen LogP contribution in [0.1, 0.15) is 72.1 Å². The maximum atomic E-state index is 14.4. The minimum absolute atomic E-state index is 0.0684. The first kappa shape index (κ1) is 35.2. The SMILES string of the molecule is CC=C(C)C(=O)OC1(C)CC=C2CSSC3C=CC([NH2+]C)C4CN(C(=O)CC5C[NH2+]C(N)CC5C2C12CC1CC5CCC(=O)OC5CC1O2)C34. The minimum atomic E-state index is -0.927. The molecule has 0 radical (unpaired) electrons. The van der Waals surface area contributed by atoms with Gasteiger partial charge in [-0.3, -0.25) is 15.3 Å². The Balaban J connectivity index is 1.20. The fourth-order valence-corrected chi connectivity index (χ4v) is 14.2. The van der Waals surface area contributed by atoms with Crippen LogP contribution in [0.3, 0.4) is 0 Å². The highest BCUT2D eigenvalue weighted by Crippen LogP contribution is 2.62. The molecule has 3 aliphatic carbocycles. The summed E-state index contributed by atoms with van der Waals surface area (Å²) >= 11 is 0. The van der Waals surface area contributed by atoms with Crippen molar-refractivity contribution in [3.63, 3.8) is 0 Å². The Morgan fingerprint density at radius 3 is 2.80 bits per heavy atom. The largest absolute Gasteiger partial charge is 0.462 e. The van der Waals surface area contributed by atoms with E-state index in [-0.39, 0.29) is 71.2 Å². The number of carbonyl (C=O) groups excluding carboxylic acids is 3. The minimum Gasteiger partial charge on any atom is -0.462 e. The van der Waals surface area contributed by atoms with E-state index in [0.29, 0.717) is 49.1 Å². The van der Waals surface area contributed by atoms with Crippen molar-refractivity contribution in [3.05, 3.63) is 35.5 Å². The van der Waals surface area contributed by atoms with E-state index >= 15 is 0 Å². The zero-order chi connectivity index (χ0) is 34.9. The van der Waals surface area contributed by atoms with E-state index in [1.165, 1.54) is 5.57 Å². The van der Waals surface area contributed by atoms with Crippen LogP contribution in [-0.4, -0.2) is 95.5 Å². The summed E-state index contributed by atoms with van der Waals surface area (Å²) in [5.74, 6) is 1.90. The summed E-state index contributed by atoms with van der Waals surface area (Å²) < 4.78 is 20.1. The van der Waals surface area contributed by atoms with Crippen molar-refractivity contribution in [1.82, 2.24) is 4.90 Å². The molecule has 0 aromatic carbocycles. The number of hydrogen-bond donors (Lipinski definition) is 3. The lowest BCUT2D eigenvalue weighted by molar-refractivity contribution is -0.706. The number of hydrogen-bond acceptors (Lipinski definition) is 9. The highest BCUT2D eigenvalue weighted by Gasteiger charge is 2.68. The standard InChI is InChI=1S/C38H54N4O6S2/c1-5-20(2)36(45)48-37(3)11-10-22-19-49-50-30-8-7-27(40-4)26-18-42(35(26)30)32(43)13-24-17-41-31(39)14-25(24)34(22)38(37)16-23-12-21-6-9-33(44)46-28(21)15-29(23)47-38/h5,7-8,10,21,23-31,34-35,40-41H,6,9,11-19,39H2,1-4H3/p+2. The second-order valence-corrected chi connectivity index (χ2v) is 19.2. The van der Waals surface area contributed by atoms with E-state index in [1.807, 2.05) is 41.5 Å². The highest BCUT2D eigenvalue weighted by molar-refractivity contribution is 8.77. The van der Waals surface area contributed by atoms with Crippen molar-refractivity contribution in [1.29, 1.82) is 0 Å². The molecule has 14 unspecified atom stereocenters. The summed E-state index contributed by atoms with van der Waals surface area (Å²) in [5, 5.41) is 4.76. The van der Waals surface area contributed by atoms with E-state index < -0.39 is 11.2 Å². The van der Waals surface area contributed by atoms with E-state index in [1.54, 1.807) is 0 Å². The van der Waals surface area contributed by atoms with E-state index in [4.69, 9.17) is 19.9 Å². The van der Waals surface area contributed by atoms with Crippen LogP contribution in [0.4, 0.5) is 0 Å². The molecule has 0 aromatic heterocycles. The molecule has 0 bridgehead atoms. The Bertz CT molecular complexity index is 1490. The van der Waals surface area contributed by atoms with E-state index in [2.05, 4.69) is 47.7 Å². The Morgan fingerprint density at radius 2 is 2.00 bits per heavy atom. The molecule has 14 atom stereocenters. The molecule has 5 heterocycles. The number of esters is 2. The Morgan fingerprint density at radius 1 is 1.16 bits per heavy atom. The smallest absolute Gasteiger partial charge is 0.334 e. The molecule has 274 valence electrons. The molecule has 5 aliphatic heterocycles. The van der Waals surface area contributed by atoms with Gasteiger partial charge in [-0.15, -0.1) is 0 Å². The average molecular weight is 729 g/mol. The Labute approximate surface area is 304 Å². The number of amides is 1. The van der Waals surface area contributed by atoms with Crippen LogP contribution < -0.4 is 16.4 Å². The van der Waals surface area contributed by atoms with Crippen molar-refractivity contribution in [2.45, 2.75) is 119 Å². The van der Waals surface area contributed by atoms with E-state index in [9.17, 15) is 14.4 Å². The van der Waals surface area contributed by atoms with Crippen LogP contribution >= 0.6 is 21.6 Å². The third-order valence-corrected chi connectivity index (χ3v) is 16.8. The molecular formula is C38H56N4O6S2+2.